The number of esters is 1. The Labute approximate surface area is 200 Å². The monoisotopic (exact) mass is 483 g/mol. The number of likely N-dealkylation sites (tertiary alicyclic amines) is 1. The smallest absolute Gasteiger partial charge is 0.339 e. The van der Waals surface area contributed by atoms with Gasteiger partial charge in [-0.1, -0.05) is 12.1 Å². The molecule has 0 spiro atoms. The number of ketones is 1. The van der Waals surface area contributed by atoms with Crippen LogP contribution in [0.5, 0.6) is 0 Å². The second kappa shape index (κ2) is 10.4. The summed E-state index contributed by atoms with van der Waals surface area (Å²) in [6, 6.07) is 8.80. The summed E-state index contributed by atoms with van der Waals surface area (Å²) in [7, 11) is 0. The number of aryl methyl sites for hydroxylation is 1. The molecule has 1 aliphatic rings. The summed E-state index contributed by atoms with van der Waals surface area (Å²) in [5.74, 6) is -0.500. The molecule has 0 radical (unpaired) electrons. The lowest BCUT2D eigenvalue weighted by Gasteiger charge is -2.15. The maximum Gasteiger partial charge on any atom is 0.339 e. The molecule has 1 aliphatic heterocycles. The van der Waals surface area contributed by atoms with Crippen molar-refractivity contribution in [3.05, 3.63) is 64.4 Å². The molecule has 0 unspecified atom stereocenters. The second-order valence-corrected chi connectivity index (χ2v) is 9.70. The Hall–Kier alpha value is -2.91. The van der Waals surface area contributed by atoms with E-state index in [1.165, 1.54) is 23.1 Å². The van der Waals surface area contributed by atoms with Crippen LogP contribution in [0, 0.1) is 13.8 Å². The normalized spacial score (nSPS) is 13.3. The number of ether oxygens (including phenoxy) is 1. The van der Waals surface area contributed by atoms with E-state index in [4.69, 9.17) is 4.74 Å². The molecule has 9 heteroatoms. The molecule has 1 fully saturated rings. The predicted molar refractivity (Wildman–Crippen MR) is 129 cm³/mol. The van der Waals surface area contributed by atoms with Gasteiger partial charge in [-0.25, -0.2) is 9.78 Å². The average molecular weight is 484 g/mol. The van der Waals surface area contributed by atoms with Crippen LogP contribution in [-0.2, 0) is 9.53 Å². The molecule has 2 aromatic heterocycles. The van der Waals surface area contributed by atoms with E-state index < -0.39 is 5.97 Å². The first-order chi connectivity index (χ1) is 16.0. The molecule has 0 N–H and O–H groups in total. The largest absolute Gasteiger partial charge is 0.454 e. The Morgan fingerprint density at radius 2 is 1.88 bits per heavy atom. The maximum atomic E-state index is 12.8. The van der Waals surface area contributed by atoms with Crippen LogP contribution in [0.25, 0.3) is 5.13 Å². The Kier molecular flexibility index (Phi) is 7.29. The number of rotatable bonds is 8. The molecule has 33 heavy (non-hydrogen) atoms. The highest BCUT2D eigenvalue weighted by Crippen LogP contribution is 2.25. The van der Waals surface area contributed by atoms with Crippen LogP contribution in [0.15, 0.2) is 46.8 Å². The molecule has 0 bridgehead atoms. The number of carbonyl (C=O) groups is 3. The third-order valence-electron chi connectivity index (χ3n) is 5.59. The number of thioether (sulfide) groups is 1. The van der Waals surface area contributed by atoms with Crippen molar-refractivity contribution in [1.82, 2.24) is 14.5 Å². The number of Topliss-reactive ketones (excluding diaryl/α,β-unsaturated/α-hetero) is 1. The van der Waals surface area contributed by atoms with Crippen LogP contribution >= 0.6 is 23.1 Å². The lowest BCUT2D eigenvalue weighted by Crippen LogP contribution is -2.29. The minimum Gasteiger partial charge on any atom is -0.454 e. The summed E-state index contributed by atoms with van der Waals surface area (Å²) < 4.78 is 7.29. The molecule has 0 saturated carbocycles. The number of nitrogens with zero attached hydrogens (tertiary/aromatic N) is 3. The van der Waals surface area contributed by atoms with Crippen molar-refractivity contribution >= 4 is 40.8 Å². The highest BCUT2D eigenvalue weighted by atomic mass is 32.2. The molecule has 1 aromatic carbocycles. The highest BCUT2D eigenvalue weighted by Gasteiger charge is 2.22. The molecule has 3 aromatic rings. The maximum absolute atomic E-state index is 12.8. The summed E-state index contributed by atoms with van der Waals surface area (Å²) in [6.07, 6.45) is 3.80. The van der Waals surface area contributed by atoms with Gasteiger partial charge in [0.05, 0.1) is 11.3 Å². The summed E-state index contributed by atoms with van der Waals surface area (Å²) in [5, 5.41) is 2.67. The Bertz CT molecular complexity index is 1160. The van der Waals surface area contributed by atoms with Gasteiger partial charge in [-0.2, -0.15) is 0 Å². The van der Waals surface area contributed by atoms with Gasteiger partial charge in [-0.15, -0.1) is 23.1 Å². The number of hydrogen-bond donors (Lipinski definition) is 0. The fourth-order valence-corrected chi connectivity index (χ4v) is 5.61. The van der Waals surface area contributed by atoms with E-state index in [1.54, 1.807) is 30.5 Å². The topological polar surface area (TPSA) is 81.5 Å². The van der Waals surface area contributed by atoms with Crippen LogP contribution in [-0.4, -0.2) is 57.6 Å². The molecule has 0 aliphatic carbocycles. The molecule has 0 atom stereocenters. The fourth-order valence-electron chi connectivity index (χ4n) is 3.91. The van der Waals surface area contributed by atoms with Crippen LogP contribution in [0.1, 0.15) is 44.9 Å². The fraction of sp³-hybridized carbons (Fsp3) is 0.333. The Balaban J connectivity index is 1.40. The Morgan fingerprint density at radius 1 is 1.12 bits per heavy atom. The molecule has 1 saturated heterocycles. The zero-order chi connectivity index (χ0) is 23.4. The number of thiazole rings is 1. The van der Waals surface area contributed by atoms with E-state index in [-0.39, 0.29) is 24.1 Å². The van der Waals surface area contributed by atoms with Gasteiger partial charge in [-0.3, -0.25) is 14.2 Å². The molecule has 3 heterocycles. The molecule has 4 rings (SSSR count). The number of carbonyl (C=O) groups excluding carboxylic acids is 3. The third kappa shape index (κ3) is 5.20. The van der Waals surface area contributed by atoms with Crippen molar-refractivity contribution in [3.63, 3.8) is 0 Å². The van der Waals surface area contributed by atoms with Gasteiger partial charge in [0.1, 0.15) is 0 Å². The van der Waals surface area contributed by atoms with Gasteiger partial charge in [0.25, 0.3) is 0 Å². The van der Waals surface area contributed by atoms with E-state index in [0.29, 0.717) is 16.0 Å². The standard InChI is InChI=1S/C24H25N3O4S2/c1-16-13-19(17(2)27(16)24-25-9-12-32-24)20(28)14-31-23(30)18-7-3-4-8-21(18)33-15-22(29)26-10-5-6-11-26/h3-4,7-9,12-13H,5-6,10-11,14-15H2,1-2H3. The van der Waals surface area contributed by atoms with Gasteiger partial charge < -0.3 is 9.64 Å². The van der Waals surface area contributed by atoms with Gasteiger partial charge in [-0.05, 0) is 44.9 Å². The van der Waals surface area contributed by atoms with Crippen molar-refractivity contribution in [1.29, 1.82) is 0 Å². The van der Waals surface area contributed by atoms with Crippen LogP contribution < -0.4 is 0 Å². The van der Waals surface area contributed by atoms with Gasteiger partial charge in [0, 0.05) is 46.5 Å². The van der Waals surface area contributed by atoms with E-state index in [2.05, 4.69) is 4.98 Å². The SMILES string of the molecule is Cc1cc(C(=O)COC(=O)c2ccccc2SCC(=O)N2CCCC2)c(C)n1-c1nccs1. The quantitative estimate of drug-likeness (QED) is 0.270. The first-order valence-electron chi connectivity index (χ1n) is 10.7. The van der Waals surface area contributed by atoms with E-state index in [9.17, 15) is 14.4 Å². The van der Waals surface area contributed by atoms with E-state index >= 15 is 0 Å². The minimum absolute atomic E-state index is 0.0754. The van der Waals surface area contributed by atoms with Crippen LogP contribution in [0.4, 0.5) is 0 Å². The van der Waals surface area contributed by atoms with Crippen molar-refractivity contribution in [2.45, 2.75) is 31.6 Å². The average Bonchev–Trinajstić information content (AvgIpc) is 3.58. The lowest BCUT2D eigenvalue weighted by atomic mass is 10.1. The molecule has 7 nitrogen and oxygen atoms in total. The summed E-state index contributed by atoms with van der Waals surface area (Å²) >= 11 is 2.81. The molecule has 172 valence electrons. The third-order valence-corrected chi connectivity index (χ3v) is 7.41. The second-order valence-electron chi connectivity index (χ2n) is 7.81. The van der Waals surface area contributed by atoms with Crippen LogP contribution in [0.3, 0.4) is 0 Å². The predicted octanol–water partition coefficient (Wildman–Crippen LogP) is 4.30. The van der Waals surface area contributed by atoms with Crippen molar-refractivity contribution in [2.75, 3.05) is 25.4 Å². The van der Waals surface area contributed by atoms with Crippen molar-refractivity contribution in [2.24, 2.45) is 0 Å². The number of benzene rings is 1. The number of amides is 1. The van der Waals surface area contributed by atoms with Gasteiger partial charge >= 0.3 is 5.97 Å². The van der Waals surface area contributed by atoms with Crippen molar-refractivity contribution < 1.29 is 19.1 Å². The van der Waals surface area contributed by atoms with Crippen molar-refractivity contribution in [3.8, 4) is 5.13 Å². The lowest BCUT2D eigenvalue weighted by molar-refractivity contribution is -0.127. The highest BCUT2D eigenvalue weighted by molar-refractivity contribution is 8.00. The first-order valence-corrected chi connectivity index (χ1v) is 12.6. The van der Waals surface area contributed by atoms with Crippen LogP contribution in [0.2, 0.25) is 0 Å². The van der Waals surface area contributed by atoms with Gasteiger partial charge in [0.2, 0.25) is 11.7 Å². The van der Waals surface area contributed by atoms with E-state index in [1.807, 2.05) is 34.8 Å². The minimum atomic E-state index is -0.575. The zero-order valence-electron chi connectivity index (χ0n) is 18.6. The zero-order valence-corrected chi connectivity index (χ0v) is 20.2. The number of aromatic nitrogens is 2. The van der Waals surface area contributed by atoms with Gasteiger partial charge in [0.15, 0.2) is 11.7 Å². The van der Waals surface area contributed by atoms with E-state index in [0.717, 1.165) is 42.5 Å². The number of hydrogen-bond acceptors (Lipinski definition) is 7. The molecular formula is C24H25N3O4S2. The summed E-state index contributed by atoms with van der Waals surface area (Å²) in [6.45, 7) is 5.01. The summed E-state index contributed by atoms with van der Waals surface area (Å²) in [4.78, 5) is 44.8. The molecular weight excluding hydrogens is 458 g/mol. The summed E-state index contributed by atoms with van der Waals surface area (Å²) in [5.41, 5.74) is 2.52. The Morgan fingerprint density at radius 3 is 2.61 bits per heavy atom. The first kappa shape index (κ1) is 23.3. The molecule has 1 amide bonds.